The third kappa shape index (κ3) is 4.31. The summed E-state index contributed by atoms with van der Waals surface area (Å²) in [6.07, 6.45) is 16.0. The number of anilines is 3. The number of hydrogen-bond acceptors (Lipinski definition) is 1. The van der Waals surface area contributed by atoms with Crippen LogP contribution in [0, 0.1) is 11.3 Å². The molecule has 2 atom stereocenters. The summed E-state index contributed by atoms with van der Waals surface area (Å²) in [5, 5.41) is 0. The molecule has 58 heavy (non-hydrogen) atoms. The summed E-state index contributed by atoms with van der Waals surface area (Å²) in [6, 6.07) is 59.9. The van der Waals surface area contributed by atoms with E-state index in [2.05, 4.69) is 226 Å². The number of fused-ring (bicyclic) bond motifs is 14. The van der Waals surface area contributed by atoms with Crippen molar-refractivity contribution in [1.82, 2.24) is 0 Å². The first-order valence-electron chi connectivity index (χ1n) is 20.7. The van der Waals surface area contributed by atoms with Crippen LogP contribution in [0.25, 0.3) is 39.0 Å². The molecule has 1 heteroatoms. The molecule has 0 fully saturated rings. The second-order valence-corrected chi connectivity index (χ2v) is 17.4. The van der Waals surface area contributed by atoms with Crippen LogP contribution >= 0.6 is 0 Å². The average molecular weight is 742 g/mol. The van der Waals surface area contributed by atoms with Gasteiger partial charge >= 0.3 is 0 Å². The standard InChI is InChI=1S/C57H43N/c1-55(2)46-24-8-7-22-45(46)54-51(55)29-15-30-53(54)58(38-18-14-17-37(35-38)40-23-16-34-56(3)33-13-12-25-47(40)56)39-31-32-44-43-21-6-11-28-50(43)57(52(44)36-39)48-26-9-4-19-41(48)42-20-5-10-27-49(42)57/h4-36,47H,1-3H3. The van der Waals surface area contributed by atoms with E-state index in [1.54, 1.807) is 0 Å². The normalized spacial score (nSPS) is 20.1. The van der Waals surface area contributed by atoms with Crippen LogP contribution in [0.5, 0.6) is 0 Å². The molecule has 5 aliphatic rings. The number of rotatable bonds is 4. The molecule has 1 nitrogen and oxygen atoms in total. The molecule has 0 saturated heterocycles. The molecule has 276 valence electrons. The fourth-order valence-corrected chi connectivity index (χ4v) is 11.5. The van der Waals surface area contributed by atoms with Crippen molar-refractivity contribution in [1.29, 1.82) is 0 Å². The second-order valence-electron chi connectivity index (χ2n) is 17.4. The summed E-state index contributed by atoms with van der Waals surface area (Å²) >= 11 is 0. The van der Waals surface area contributed by atoms with E-state index in [9.17, 15) is 0 Å². The number of nitrogens with zero attached hydrogens (tertiary/aromatic N) is 1. The molecule has 7 aromatic carbocycles. The zero-order valence-corrected chi connectivity index (χ0v) is 33.1. The van der Waals surface area contributed by atoms with Gasteiger partial charge in [0.05, 0.1) is 11.1 Å². The summed E-state index contributed by atoms with van der Waals surface area (Å²) in [7, 11) is 0. The molecule has 1 spiro atoms. The highest BCUT2D eigenvalue weighted by Gasteiger charge is 2.52. The first kappa shape index (κ1) is 33.4. The molecular weight excluding hydrogens is 699 g/mol. The van der Waals surface area contributed by atoms with E-state index in [0.717, 1.165) is 11.4 Å². The third-order valence-electron chi connectivity index (χ3n) is 14.1. The zero-order chi connectivity index (χ0) is 38.8. The largest absolute Gasteiger partial charge is 0.310 e. The van der Waals surface area contributed by atoms with Crippen molar-refractivity contribution in [2.45, 2.75) is 31.6 Å². The monoisotopic (exact) mass is 741 g/mol. The van der Waals surface area contributed by atoms with Gasteiger partial charge in [-0.05, 0) is 103 Å². The van der Waals surface area contributed by atoms with Crippen LogP contribution < -0.4 is 4.90 Å². The minimum Gasteiger partial charge on any atom is -0.310 e. The van der Waals surface area contributed by atoms with Gasteiger partial charge in [-0.15, -0.1) is 0 Å². The highest BCUT2D eigenvalue weighted by molar-refractivity contribution is 5.99. The molecule has 0 aromatic heterocycles. The van der Waals surface area contributed by atoms with E-state index < -0.39 is 5.41 Å². The molecule has 0 saturated carbocycles. The molecule has 12 rings (SSSR count). The van der Waals surface area contributed by atoms with Gasteiger partial charge in [-0.3, -0.25) is 0 Å². The first-order chi connectivity index (χ1) is 28.4. The van der Waals surface area contributed by atoms with Crippen LogP contribution in [0.15, 0.2) is 200 Å². The van der Waals surface area contributed by atoms with Crippen LogP contribution in [-0.4, -0.2) is 0 Å². The summed E-state index contributed by atoms with van der Waals surface area (Å²) in [6.45, 7) is 7.11. The molecule has 0 aliphatic heterocycles. The van der Waals surface area contributed by atoms with E-state index >= 15 is 0 Å². The Labute approximate surface area is 341 Å². The van der Waals surface area contributed by atoms with Gasteiger partial charge in [-0.2, -0.15) is 0 Å². The Bertz CT molecular complexity index is 2960. The molecule has 0 heterocycles. The Morgan fingerprint density at radius 1 is 0.448 bits per heavy atom. The molecule has 0 bridgehead atoms. The zero-order valence-electron chi connectivity index (χ0n) is 33.1. The van der Waals surface area contributed by atoms with Crippen LogP contribution in [-0.2, 0) is 10.8 Å². The fraction of sp³-hybridized carbons (Fsp3) is 0.123. The quantitative estimate of drug-likeness (QED) is 0.174. The van der Waals surface area contributed by atoms with E-state index in [0.29, 0.717) is 0 Å². The SMILES string of the molecule is CC1(C)c2ccccc2-c2c(N(c3cccc(C4=CC=CC5(C)C=CC=CC45)c3)c3ccc4c(c3)C3(c5ccccc5-c5ccccc53)c3ccccc3-4)cccc21. The van der Waals surface area contributed by atoms with Crippen molar-refractivity contribution in [2.24, 2.45) is 11.3 Å². The molecule has 5 aliphatic carbocycles. The maximum absolute atomic E-state index is 2.55. The summed E-state index contributed by atoms with van der Waals surface area (Å²) in [5.41, 5.74) is 21.6. The highest BCUT2D eigenvalue weighted by Crippen LogP contribution is 2.64. The van der Waals surface area contributed by atoms with Crippen molar-refractivity contribution in [3.63, 3.8) is 0 Å². The highest BCUT2D eigenvalue weighted by atomic mass is 15.1. The lowest BCUT2D eigenvalue weighted by molar-refractivity contribution is 0.464. The molecule has 0 radical (unpaired) electrons. The number of hydrogen-bond donors (Lipinski definition) is 0. The maximum atomic E-state index is 2.55. The topological polar surface area (TPSA) is 3.24 Å². The smallest absolute Gasteiger partial charge is 0.0726 e. The van der Waals surface area contributed by atoms with Crippen LogP contribution in [0.1, 0.15) is 59.7 Å². The van der Waals surface area contributed by atoms with Crippen molar-refractivity contribution in [3.8, 4) is 33.4 Å². The van der Waals surface area contributed by atoms with Gasteiger partial charge in [-0.1, -0.05) is 191 Å². The lowest BCUT2D eigenvalue weighted by Gasteiger charge is -2.37. The van der Waals surface area contributed by atoms with Crippen LogP contribution in [0.2, 0.25) is 0 Å². The van der Waals surface area contributed by atoms with Crippen molar-refractivity contribution in [2.75, 3.05) is 4.90 Å². The molecular formula is C57H43N. The fourth-order valence-electron chi connectivity index (χ4n) is 11.5. The molecule has 7 aromatic rings. The Hall–Kier alpha value is -6.70. The van der Waals surface area contributed by atoms with Gasteiger partial charge < -0.3 is 4.90 Å². The van der Waals surface area contributed by atoms with Crippen LogP contribution in [0.3, 0.4) is 0 Å². The van der Waals surface area contributed by atoms with Crippen molar-refractivity contribution < 1.29 is 0 Å². The Kier molecular flexibility index (Phi) is 6.87. The van der Waals surface area contributed by atoms with Gasteiger partial charge in [0.1, 0.15) is 0 Å². The van der Waals surface area contributed by atoms with Gasteiger partial charge in [0.2, 0.25) is 0 Å². The average Bonchev–Trinajstić information content (AvgIpc) is 3.82. The number of benzene rings is 7. The van der Waals surface area contributed by atoms with E-state index in [4.69, 9.17) is 0 Å². The summed E-state index contributed by atoms with van der Waals surface area (Å²) in [4.78, 5) is 2.55. The molecule has 0 N–H and O–H groups in total. The maximum Gasteiger partial charge on any atom is 0.0726 e. The van der Waals surface area contributed by atoms with Crippen LogP contribution in [0.4, 0.5) is 17.1 Å². The first-order valence-corrected chi connectivity index (χ1v) is 20.7. The lowest BCUT2D eigenvalue weighted by atomic mass is 9.67. The minimum atomic E-state index is -0.430. The van der Waals surface area contributed by atoms with E-state index in [1.807, 2.05) is 0 Å². The van der Waals surface area contributed by atoms with Gasteiger partial charge in [-0.25, -0.2) is 0 Å². The summed E-state index contributed by atoms with van der Waals surface area (Å²) < 4.78 is 0. The Balaban J connectivity index is 1.13. The molecule has 0 amide bonds. The van der Waals surface area contributed by atoms with E-state index in [1.165, 1.54) is 83.6 Å². The lowest BCUT2D eigenvalue weighted by Crippen LogP contribution is -2.26. The van der Waals surface area contributed by atoms with Crippen molar-refractivity contribution in [3.05, 3.63) is 239 Å². The minimum absolute atomic E-state index is 0.0543. The van der Waals surface area contributed by atoms with Crippen molar-refractivity contribution >= 4 is 22.6 Å². The van der Waals surface area contributed by atoms with Gasteiger partial charge in [0.25, 0.3) is 0 Å². The molecule has 2 unspecified atom stereocenters. The predicted octanol–water partition coefficient (Wildman–Crippen LogP) is 14.5. The van der Waals surface area contributed by atoms with Gasteiger partial charge in [0.15, 0.2) is 0 Å². The van der Waals surface area contributed by atoms with E-state index in [-0.39, 0.29) is 16.7 Å². The predicted molar refractivity (Wildman–Crippen MR) is 242 cm³/mol. The van der Waals surface area contributed by atoms with Gasteiger partial charge in [0, 0.05) is 33.7 Å². The number of allylic oxidation sites excluding steroid dienone is 8. The Morgan fingerprint density at radius 2 is 1.02 bits per heavy atom. The Morgan fingerprint density at radius 3 is 1.72 bits per heavy atom. The third-order valence-corrected chi connectivity index (χ3v) is 14.1. The second kappa shape index (κ2) is 11.9. The summed E-state index contributed by atoms with van der Waals surface area (Å²) in [5.74, 6) is 0.265.